The topological polar surface area (TPSA) is 89.9 Å². The maximum atomic E-state index is 11.5. The molecule has 2 aromatic carbocycles. The maximum Gasteiger partial charge on any atom is 0.386 e. The Kier molecular flexibility index (Phi) is 8.31. The normalized spacial score (nSPS) is 9.21. The summed E-state index contributed by atoms with van der Waals surface area (Å²) in [5.41, 5.74) is 0.636. The van der Waals surface area contributed by atoms with Crippen molar-refractivity contribution in [1.29, 1.82) is 0 Å². The number of carboxylic acid groups (broad SMARTS) is 1. The van der Waals surface area contributed by atoms with Gasteiger partial charge in [0.1, 0.15) is 0 Å². The molecule has 126 valence electrons. The molecular weight excluding hydrogens is 312 g/mol. The molecule has 1 N–H and O–H groups in total. The third kappa shape index (κ3) is 7.22. The lowest BCUT2D eigenvalue weighted by molar-refractivity contribution is -0.187. The molecule has 0 amide bonds. The van der Waals surface area contributed by atoms with Crippen LogP contribution in [0.3, 0.4) is 0 Å². The zero-order valence-corrected chi connectivity index (χ0v) is 13.2. The summed E-state index contributed by atoms with van der Waals surface area (Å²) in [5.74, 6) is -2.13. The molecule has 0 bridgehead atoms. The predicted molar refractivity (Wildman–Crippen MR) is 86.3 cm³/mol. The van der Waals surface area contributed by atoms with Gasteiger partial charge in [-0.3, -0.25) is 4.79 Å². The standard InChI is InChI=1S/C14H10O4.C4H8O2/c15-13(11-7-3-1-4-8-11)17-18-14(16)12-9-5-2-6-10-12;1-2-3-4(5)6/h1-10H;2-3H2,1H3,(H,5,6). The Morgan fingerprint density at radius 3 is 1.42 bits per heavy atom. The van der Waals surface area contributed by atoms with Crippen LogP contribution in [-0.2, 0) is 14.6 Å². The third-order valence-electron chi connectivity index (χ3n) is 2.68. The molecule has 0 heterocycles. The fourth-order valence-corrected chi connectivity index (χ4v) is 1.53. The van der Waals surface area contributed by atoms with E-state index in [0.29, 0.717) is 17.5 Å². The first-order valence-electron chi connectivity index (χ1n) is 7.29. The lowest BCUT2D eigenvalue weighted by Gasteiger charge is -2.02. The van der Waals surface area contributed by atoms with Crippen molar-refractivity contribution < 1.29 is 29.3 Å². The highest BCUT2D eigenvalue weighted by molar-refractivity contribution is 5.92. The monoisotopic (exact) mass is 330 g/mol. The van der Waals surface area contributed by atoms with Gasteiger partial charge in [-0.1, -0.05) is 43.3 Å². The Labute approximate surface area is 139 Å². The maximum absolute atomic E-state index is 11.5. The molecule has 0 saturated carbocycles. The van der Waals surface area contributed by atoms with Gasteiger partial charge in [0.15, 0.2) is 0 Å². The molecule has 0 spiro atoms. The van der Waals surface area contributed by atoms with Gasteiger partial charge >= 0.3 is 17.9 Å². The predicted octanol–water partition coefficient (Wildman–Crippen LogP) is 3.49. The van der Waals surface area contributed by atoms with E-state index >= 15 is 0 Å². The molecule has 0 saturated heterocycles. The van der Waals surface area contributed by atoms with Gasteiger partial charge in [-0.15, -0.1) is 0 Å². The van der Waals surface area contributed by atoms with Crippen molar-refractivity contribution in [2.45, 2.75) is 19.8 Å². The van der Waals surface area contributed by atoms with Crippen molar-refractivity contribution in [2.24, 2.45) is 0 Å². The number of carbonyl (C=O) groups excluding carboxylic acids is 2. The average Bonchev–Trinajstić information content (AvgIpc) is 2.61. The average molecular weight is 330 g/mol. The summed E-state index contributed by atoms with van der Waals surface area (Å²) in [6, 6.07) is 16.6. The molecule has 0 atom stereocenters. The van der Waals surface area contributed by atoms with Crippen molar-refractivity contribution in [3.8, 4) is 0 Å². The van der Waals surface area contributed by atoms with Crippen molar-refractivity contribution in [3.05, 3.63) is 71.8 Å². The first-order chi connectivity index (χ1) is 11.5. The molecule has 2 aromatic rings. The van der Waals surface area contributed by atoms with Crippen molar-refractivity contribution in [2.75, 3.05) is 0 Å². The van der Waals surface area contributed by atoms with Crippen molar-refractivity contribution in [1.82, 2.24) is 0 Å². The van der Waals surface area contributed by atoms with Gasteiger partial charge in [0.05, 0.1) is 11.1 Å². The fraction of sp³-hybridized carbons (Fsp3) is 0.167. The van der Waals surface area contributed by atoms with E-state index in [-0.39, 0.29) is 0 Å². The Hall–Kier alpha value is -3.15. The van der Waals surface area contributed by atoms with Crippen LogP contribution in [0.15, 0.2) is 60.7 Å². The number of hydrogen-bond acceptors (Lipinski definition) is 5. The summed E-state index contributed by atoms with van der Waals surface area (Å²) in [5, 5.41) is 7.91. The molecule has 0 aliphatic carbocycles. The quantitative estimate of drug-likeness (QED) is 0.682. The summed E-state index contributed by atoms with van der Waals surface area (Å²) in [6.07, 6.45) is 1.02. The minimum atomic E-state index is -0.711. The Morgan fingerprint density at radius 1 is 0.792 bits per heavy atom. The van der Waals surface area contributed by atoms with Crippen molar-refractivity contribution >= 4 is 17.9 Å². The van der Waals surface area contributed by atoms with Gasteiger partial charge in [-0.25, -0.2) is 19.4 Å². The number of carbonyl (C=O) groups is 3. The molecule has 0 unspecified atom stereocenters. The second-order valence-corrected chi connectivity index (χ2v) is 4.62. The highest BCUT2D eigenvalue weighted by atomic mass is 17.2. The zero-order chi connectivity index (χ0) is 17.8. The molecule has 24 heavy (non-hydrogen) atoms. The fourth-order valence-electron chi connectivity index (χ4n) is 1.53. The summed E-state index contributed by atoms with van der Waals surface area (Å²) in [7, 11) is 0. The molecule has 0 fully saturated rings. The van der Waals surface area contributed by atoms with Gasteiger partial charge in [0.25, 0.3) is 0 Å². The van der Waals surface area contributed by atoms with Crippen LogP contribution >= 0.6 is 0 Å². The Morgan fingerprint density at radius 2 is 1.17 bits per heavy atom. The van der Waals surface area contributed by atoms with Gasteiger partial charge in [-0.2, -0.15) is 0 Å². The molecule has 0 aliphatic rings. The second kappa shape index (κ2) is 10.6. The zero-order valence-electron chi connectivity index (χ0n) is 13.2. The molecular formula is C18H18O6. The number of aliphatic carboxylic acids is 1. The van der Waals surface area contributed by atoms with E-state index in [2.05, 4.69) is 9.78 Å². The third-order valence-corrected chi connectivity index (χ3v) is 2.68. The molecule has 0 aromatic heterocycles. The number of rotatable bonds is 4. The summed E-state index contributed by atoms with van der Waals surface area (Å²) in [4.78, 5) is 41.5. The molecule has 0 aliphatic heterocycles. The van der Waals surface area contributed by atoms with E-state index in [9.17, 15) is 14.4 Å². The van der Waals surface area contributed by atoms with Crippen LogP contribution in [0.25, 0.3) is 0 Å². The van der Waals surface area contributed by atoms with Crippen LogP contribution < -0.4 is 0 Å². The number of hydrogen-bond donors (Lipinski definition) is 1. The minimum Gasteiger partial charge on any atom is -0.481 e. The largest absolute Gasteiger partial charge is 0.481 e. The van der Waals surface area contributed by atoms with Gasteiger partial charge < -0.3 is 5.11 Å². The van der Waals surface area contributed by atoms with Crippen LogP contribution in [0.2, 0.25) is 0 Å². The molecule has 6 heteroatoms. The van der Waals surface area contributed by atoms with E-state index in [4.69, 9.17) is 5.11 Å². The summed E-state index contributed by atoms with van der Waals surface area (Å²) >= 11 is 0. The van der Waals surface area contributed by atoms with Crippen molar-refractivity contribution in [3.63, 3.8) is 0 Å². The molecule has 6 nitrogen and oxygen atoms in total. The molecule has 2 rings (SSSR count). The van der Waals surface area contributed by atoms with E-state index in [1.165, 1.54) is 0 Å². The number of benzene rings is 2. The first kappa shape index (κ1) is 18.9. The van der Waals surface area contributed by atoms with E-state index in [0.717, 1.165) is 6.42 Å². The smallest absolute Gasteiger partial charge is 0.386 e. The highest BCUT2D eigenvalue weighted by Gasteiger charge is 2.12. The van der Waals surface area contributed by atoms with Crippen LogP contribution in [-0.4, -0.2) is 23.0 Å². The Balaban J connectivity index is 0.000000413. The van der Waals surface area contributed by atoms with Crippen LogP contribution in [0, 0.1) is 0 Å². The number of carboxylic acids is 1. The summed E-state index contributed by atoms with van der Waals surface area (Å²) < 4.78 is 0. The Bertz CT molecular complexity index is 600. The summed E-state index contributed by atoms with van der Waals surface area (Å²) in [6.45, 7) is 1.84. The van der Waals surface area contributed by atoms with Crippen LogP contribution in [0.1, 0.15) is 40.5 Å². The van der Waals surface area contributed by atoms with E-state index in [1.807, 2.05) is 6.92 Å². The van der Waals surface area contributed by atoms with Gasteiger partial charge in [-0.05, 0) is 30.7 Å². The van der Waals surface area contributed by atoms with E-state index in [1.54, 1.807) is 60.7 Å². The van der Waals surface area contributed by atoms with Gasteiger partial charge in [0.2, 0.25) is 0 Å². The molecule has 0 radical (unpaired) electrons. The minimum absolute atomic E-state index is 0.292. The lowest BCUT2D eigenvalue weighted by Crippen LogP contribution is -2.11. The first-order valence-corrected chi connectivity index (χ1v) is 7.29. The highest BCUT2D eigenvalue weighted by Crippen LogP contribution is 2.05. The SMILES string of the molecule is CCCC(=O)O.O=C(OOC(=O)c1ccccc1)c1ccccc1. The second-order valence-electron chi connectivity index (χ2n) is 4.62. The van der Waals surface area contributed by atoms with E-state index < -0.39 is 17.9 Å². The van der Waals surface area contributed by atoms with Gasteiger partial charge in [0, 0.05) is 6.42 Å². The lowest BCUT2D eigenvalue weighted by atomic mass is 10.2. The van der Waals surface area contributed by atoms with Crippen LogP contribution in [0.4, 0.5) is 0 Å². The van der Waals surface area contributed by atoms with Crippen LogP contribution in [0.5, 0.6) is 0 Å².